The number of carbonyl (C=O) groups is 1. The number of aromatic nitrogens is 3. The number of amides is 1. The van der Waals surface area contributed by atoms with Crippen LogP contribution < -0.4 is 0 Å². The molecule has 0 aliphatic carbocycles. The number of nitrogens with zero attached hydrogens (tertiary/aromatic N) is 4. The van der Waals surface area contributed by atoms with Crippen molar-refractivity contribution in [2.75, 3.05) is 19.6 Å². The van der Waals surface area contributed by atoms with E-state index in [-0.39, 0.29) is 5.91 Å². The van der Waals surface area contributed by atoms with Gasteiger partial charge in [0.15, 0.2) is 5.82 Å². The second kappa shape index (κ2) is 7.58. The zero-order valence-corrected chi connectivity index (χ0v) is 15.4. The van der Waals surface area contributed by atoms with Crippen LogP contribution in [-0.2, 0) is 17.8 Å². The van der Waals surface area contributed by atoms with Crippen LogP contribution in [0.25, 0.3) is 0 Å². The van der Waals surface area contributed by atoms with Crippen molar-refractivity contribution in [2.24, 2.45) is 5.92 Å². The molecule has 6 heteroatoms. The minimum Gasteiger partial charge on any atom is -0.341 e. The molecule has 26 heavy (non-hydrogen) atoms. The second-order valence-corrected chi connectivity index (χ2v) is 7.65. The van der Waals surface area contributed by atoms with E-state index in [4.69, 9.17) is 0 Å². The highest BCUT2D eigenvalue weighted by molar-refractivity contribution is 5.76. The Morgan fingerprint density at radius 1 is 1.19 bits per heavy atom. The fraction of sp³-hybridized carbons (Fsp3) is 0.550. The first-order valence-electron chi connectivity index (χ1n) is 9.61. The van der Waals surface area contributed by atoms with E-state index in [9.17, 15) is 4.79 Å². The van der Waals surface area contributed by atoms with E-state index in [1.165, 1.54) is 18.4 Å². The Hall–Kier alpha value is -2.21. The highest BCUT2D eigenvalue weighted by Crippen LogP contribution is 2.29. The van der Waals surface area contributed by atoms with Gasteiger partial charge in [-0.05, 0) is 31.2 Å². The third-order valence-corrected chi connectivity index (χ3v) is 5.61. The van der Waals surface area contributed by atoms with Crippen molar-refractivity contribution in [3.05, 3.63) is 47.5 Å². The Kier molecular flexibility index (Phi) is 5.02. The first kappa shape index (κ1) is 17.2. The van der Waals surface area contributed by atoms with Gasteiger partial charge in [0.05, 0.1) is 0 Å². The van der Waals surface area contributed by atoms with Gasteiger partial charge in [0.25, 0.3) is 0 Å². The number of piperidine rings is 1. The van der Waals surface area contributed by atoms with Crippen molar-refractivity contribution in [1.82, 2.24) is 25.0 Å². The normalized spacial score (nSPS) is 23.2. The van der Waals surface area contributed by atoms with Crippen LogP contribution in [0.5, 0.6) is 0 Å². The minimum absolute atomic E-state index is 0.242. The van der Waals surface area contributed by atoms with Crippen LogP contribution in [0.15, 0.2) is 30.3 Å². The van der Waals surface area contributed by atoms with Gasteiger partial charge in [0.1, 0.15) is 5.82 Å². The fourth-order valence-electron chi connectivity index (χ4n) is 4.27. The highest BCUT2D eigenvalue weighted by Gasteiger charge is 2.36. The number of rotatable bonds is 5. The molecule has 138 valence electrons. The van der Waals surface area contributed by atoms with E-state index in [1.807, 2.05) is 6.92 Å². The summed E-state index contributed by atoms with van der Waals surface area (Å²) in [6.45, 7) is 5.72. The first-order valence-corrected chi connectivity index (χ1v) is 9.61. The maximum atomic E-state index is 12.8. The van der Waals surface area contributed by atoms with Gasteiger partial charge in [0.2, 0.25) is 5.91 Å². The average Bonchev–Trinajstić information content (AvgIpc) is 2.87. The summed E-state index contributed by atoms with van der Waals surface area (Å²) in [6, 6.07) is 11.1. The summed E-state index contributed by atoms with van der Waals surface area (Å²) in [6.07, 6.45) is 3.54. The number of nitrogens with one attached hydrogen (secondary N) is 1. The van der Waals surface area contributed by atoms with E-state index >= 15 is 0 Å². The monoisotopic (exact) mass is 353 g/mol. The molecule has 2 aromatic rings. The van der Waals surface area contributed by atoms with Crippen LogP contribution in [0.3, 0.4) is 0 Å². The van der Waals surface area contributed by atoms with E-state index in [0.29, 0.717) is 24.8 Å². The molecule has 6 nitrogen and oxygen atoms in total. The smallest absolute Gasteiger partial charge is 0.223 e. The summed E-state index contributed by atoms with van der Waals surface area (Å²) in [5.41, 5.74) is 1.36. The topological polar surface area (TPSA) is 65.1 Å². The van der Waals surface area contributed by atoms with Crippen molar-refractivity contribution < 1.29 is 4.79 Å². The molecule has 4 heterocycles. The summed E-state index contributed by atoms with van der Waals surface area (Å²) in [5, 5.41) is 6.98. The summed E-state index contributed by atoms with van der Waals surface area (Å²) in [7, 11) is 0. The summed E-state index contributed by atoms with van der Waals surface area (Å²) in [4.78, 5) is 21.7. The summed E-state index contributed by atoms with van der Waals surface area (Å²) >= 11 is 0. The van der Waals surface area contributed by atoms with Crippen molar-refractivity contribution in [3.63, 3.8) is 0 Å². The SMILES string of the molecule is Cc1nc(CCC(=O)N2C[C@@H]3CC[C@H](C2)N(Cc2ccccc2)C3)n[nH]1. The van der Waals surface area contributed by atoms with Crippen LogP contribution >= 0.6 is 0 Å². The largest absolute Gasteiger partial charge is 0.341 e. The molecule has 1 N–H and O–H groups in total. The number of benzene rings is 1. The Morgan fingerprint density at radius 2 is 2.04 bits per heavy atom. The van der Waals surface area contributed by atoms with Crippen LogP contribution in [0.2, 0.25) is 0 Å². The van der Waals surface area contributed by atoms with Crippen molar-refractivity contribution in [2.45, 2.75) is 45.2 Å². The van der Waals surface area contributed by atoms with Gasteiger partial charge in [-0.1, -0.05) is 30.3 Å². The van der Waals surface area contributed by atoms with E-state index < -0.39 is 0 Å². The number of carbonyl (C=O) groups excluding carboxylic acids is 1. The van der Waals surface area contributed by atoms with Crippen molar-refractivity contribution >= 4 is 5.91 Å². The zero-order chi connectivity index (χ0) is 17.9. The van der Waals surface area contributed by atoms with Crippen molar-refractivity contribution in [3.8, 4) is 0 Å². The van der Waals surface area contributed by atoms with Gasteiger partial charge >= 0.3 is 0 Å². The molecule has 1 aromatic heterocycles. The van der Waals surface area contributed by atoms with Gasteiger partial charge in [-0.25, -0.2) is 4.98 Å². The van der Waals surface area contributed by atoms with E-state index in [0.717, 1.165) is 37.8 Å². The van der Waals surface area contributed by atoms with Crippen LogP contribution in [0.1, 0.15) is 36.5 Å². The van der Waals surface area contributed by atoms with E-state index in [1.54, 1.807) is 0 Å². The Balaban J connectivity index is 1.37. The van der Waals surface area contributed by atoms with Crippen LogP contribution in [0.4, 0.5) is 0 Å². The predicted octanol–water partition coefficient (Wildman–Crippen LogP) is 2.17. The van der Waals surface area contributed by atoms with Crippen LogP contribution in [0, 0.1) is 12.8 Å². The van der Waals surface area contributed by atoms with Gasteiger partial charge in [-0.3, -0.25) is 14.8 Å². The van der Waals surface area contributed by atoms with E-state index in [2.05, 4.69) is 55.3 Å². The molecular weight excluding hydrogens is 326 g/mol. The number of fused-ring (bicyclic) bond motifs is 4. The third kappa shape index (κ3) is 3.96. The summed E-state index contributed by atoms with van der Waals surface area (Å²) in [5.74, 6) is 2.37. The number of H-pyrrole nitrogens is 1. The minimum atomic E-state index is 0.242. The molecule has 2 atom stereocenters. The quantitative estimate of drug-likeness (QED) is 0.895. The number of aryl methyl sites for hydroxylation is 2. The molecule has 2 bridgehead atoms. The Labute approximate surface area is 154 Å². The zero-order valence-electron chi connectivity index (χ0n) is 15.4. The maximum absolute atomic E-state index is 12.8. The predicted molar refractivity (Wildman–Crippen MR) is 99.4 cm³/mol. The lowest BCUT2D eigenvalue weighted by molar-refractivity contribution is -0.131. The summed E-state index contributed by atoms with van der Waals surface area (Å²) < 4.78 is 0. The average molecular weight is 353 g/mol. The van der Waals surface area contributed by atoms with Gasteiger partial charge < -0.3 is 4.90 Å². The molecule has 1 aromatic carbocycles. The van der Waals surface area contributed by atoms with Gasteiger partial charge in [0, 0.05) is 45.1 Å². The van der Waals surface area contributed by atoms with Crippen molar-refractivity contribution in [1.29, 1.82) is 0 Å². The molecule has 0 saturated carbocycles. The lowest BCUT2D eigenvalue weighted by Crippen LogP contribution is -2.43. The van der Waals surface area contributed by atoms with Crippen LogP contribution in [-0.4, -0.2) is 56.6 Å². The molecule has 3 aliphatic heterocycles. The molecule has 3 fully saturated rings. The number of hydrogen-bond acceptors (Lipinski definition) is 4. The lowest BCUT2D eigenvalue weighted by Gasteiger charge is -2.36. The standard InChI is InChI=1S/C20H27N5O/c1-15-21-19(23-22-15)9-10-20(26)25-13-17-7-8-18(14-25)24(12-17)11-16-5-3-2-4-6-16/h2-6,17-18H,7-14H2,1H3,(H,21,22,23)/t17-,18-/m1/s1. The molecule has 0 spiro atoms. The third-order valence-electron chi connectivity index (χ3n) is 5.61. The van der Waals surface area contributed by atoms with Gasteiger partial charge in [-0.2, -0.15) is 5.10 Å². The highest BCUT2D eigenvalue weighted by atomic mass is 16.2. The molecule has 1 amide bonds. The second-order valence-electron chi connectivity index (χ2n) is 7.65. The molecule has 3 saturated heterocycles. The molecular formula is C20H27N5O. The fourth-order valence-corrected chi connectivity index (χ4v) is 4.27. The number of hydrogen-bond donors (Lipinski definition) is 1. The molecule has 3 aliphatic rings. The Bertz CT molecular complexity index is 744. The maximum Gasteiger partial charge on any atom is 0.223 e. The Morgan fingerprint density at radius 3 is 2.81 bits per heavy atom. The first-order chi connectivity index (χ1) is 12.7. The molecule has 0 radical (unpaired) electrons. The molecule has 0 unspecified atom stereocenters. The lowest BCUT2D eigenvalue weighted by atomic mass is 9.94. The van der Waals surface area contributed by atoms with Gasteiger partial charge in [-0.15, -0.1) is 0 Å². The number of aromatic amines is 1. The molecule has 5 rings (SSSR count).